The van der Waals surface area contributed by atoms with E-state index in [2.05, 4.69) is 106 Å². The third kappa shape index (κ3) is 69.3. The molecule has 0 aromatic heterocycles. The number of unbranched alkanes of at least 4 members (excludes halogenated alkanes) is 41. The molecule has 6 nitrogen and oxygen atoms in total. The van der Waals surface area contributed by atoms with Crippen molar-refractivity contribution in [1.82, 2.24) is 0 Å². The molecule has 0 aliphatic carbocycles. The lowest BCUT2D eigenvalue weighted by molar-refractivity contribution is -0.167. The van der Waals surface area contributed by atoms with Gasteiger partial charge in [0.25, 0.3) is 0 Å². The van der Waals surface area contributed by atoms with E-state index in [1.54, 1.807) is 0 Å². The number of rotatable bonds is 66. The predicted octanol–water partition coefficient (Wildman–Crippen LogP) is 25.0. The molecule has 0 radical (unpaired) electrons. The van der Waals surface area contributed by atoms with Crippen LogP contribution >= 0.6 is 0 Å². The first kappa shape index (κ1) is 79.6. The molecule has 480 valence electrons. The molecule has 1 unspecified atom stereocenters. The Bertz CT molecular complexity index is 1570. The molecule has 0 bridgehead atoms. The molecule has 1 atom stereocenters. The monoisotopic (exact) mass is 1160 g/mol. The van der Waals surface area contributed by atoms with Crippen molar-refractivity contribution in [3.63, 3.8) is 0 Å². The third-order valence-corrected chi connectivity index (χ3v) is 15.9. The topological polar surface area (TPSA) is 78.9 Å². The SMILES string of the molecule is CC/C=C\C/C=C\C/C=C\C/C=C\CCCCCCCCCCCCCCCCCCCCCCCCC(=O)OCC(COC(=O)CCCCCCC/C=C\CCCCCCC)OC(=O)CCCCCCC/C=C\C/C=C\CCCCCC. The smallest absolute Gasteiger partial charge is 0.306 e. The van der Waals surface area contributed by atoms with Crippen LogP contribution in [0.25, 0.3) is 0 Å². The molecule has 0 aliphatic heterocycles. The second kappa shape index (κ2) is 71.1. The summed E-state index contributed by atoms with van der Waals surface area (Å²) in [6.45, 7) is 6.53. The lowest BCUT2D eigenvalue weighted by Crippen LogP contribution is -2.30. The molecule has 0 heterocycles. The Morgan fingerprint density at radius 3 is 0.759 bits per heavy atom. The first-order valence-electron chi connectivity index (χ1n) is 36.1. The van der Waals surface area contributed by atoms with Crippen molar-refractivity contribution >= 4 is 17.9 Å². The number of hydrogen-bond donors (Lipinski definition) is 0. The second-order valence-corrected chi connectivity index (χ2v) is 24.1. The van der Waals surface area contributed by atoms with Gasteiger partial charge < -0.3 is 14.2 Å². The molecule has 0 N–H and O–H groups in total. The first-order valence-corrected chi connectivity index (χ1v) is 36.1. The number of carbonyl (C=O) groups excluding carboxylic acids is 3. The van der Waals surface area contributed by atoms with Crippen LogP contribution in [0.5, 0.6) is 0 Å². The Labute approximate surface area is 515 Å². The number of ether oxygens (including phenoxy) is 3. The minimum absolute atomic E-state index is 0.0801. The quantitative estimate of drug-likeness (QED) is 0.0261. The van der Waals surface area contributed by atoms with Crippen molar-refractivity contribution in [3.05, 3.63) is 85.1 Å². The van der Waals surface area contributed by atoms with E-state index < -0.39 is 6.10 Å². The molecule has 0 saturated heterocycles. The summed E-state index contributed by atoms with van der Waals surface area (Å²) in [6.07, 6.45) is 94.9. The number of esters is 3. The lowest BCUT2D eigenvalue weighted by atomic mass is 10.0. The van der Waals surface area contributed by atoms with Gasteiger partial charge in [0.1, 0.15) is 13.2 Å². The standard InChI is InChI=1S/C77H136O6/c1-4-7-10-13-16-19-22-25-28-30-31-32-33-34-35-36-37-38-39-40-41-42-43-44-45-46-47-48-50-52-55-58-61-64-67-70-76(79)82-73-74(72-81-75(78)69-66-63-60-57-54-51-27-24-21-18-15-12-9-6-3)83-77(80)71-68-65-62-59-56-53-49-29-26-23-20-17-14-11-8-5-2/h7,10,16,19-20,23-25,27-29,31-32,49,74H,4-6,8-9,11-15,17-18,21-22,26,30,33-48,50-73H2,1-3H3/b10-7-,19-16-,23-20-,27-24-,28-25-,32-31-,49-29-. The van der Waals surface area contributed by atoms with Gasteiger partial charge in [0.2, 0.25) is 0 Å². The third-order valence-electron chi connectivity index (χ3n) is 15.9. The summed E-state index contributed by atoms with van der Waals surface area (Å²) in [5.74, 6) is -0.883. The van der Waals surface area contributed by atoms with E-state index in [0.717, 1.165) is 116 Å². The average Bonchev–Trinajstić information content (AvgIpc) is 3.49. The van der Waals surface area contributed by atoms with E-state index in [1.807, 2.05) is 0 Å². The zero-order valence-corrected chi connectivity index (χ0v) is 55.2. The van der Waals surface area contributed by atoms with Crippen LogP contribution in [0.1, 0.15) is 367 Å². The highest BCUT2D eigenvalue weighted by Gasteiger charge is 2.19. The fraction of sp³-hybridized carbons (Fsp3) is 0.779. The van der Waals surface area contributed by atoms with Crippen LogP contribution in [0.4, 0.5) is 0 Å². The normalized spacial score (nSPS) is 12.6. The van der Waals surface area contributed by atoms with Crippen LogP contribution in [-0.4, -0.2) is 37.2 Å². The van der Waals surface area contributed by atoms with Crippen LogP contribution in [0.15, 0.2) is 85.1 Å². The summed E-state index contributed by atoms with van der Waals surface area (Å²) in [5, 5.41) is 0. The van der Waals surface area contributed by atoms with Crippen LogP contribution < -0.4 is 0 Å². The fourth-order valence-corrected chi connectivity index (χ4v) is 10.5. The van der Waals surface area contributed by atoms with Crippen LogP contribution in [0.2, 0.25) is 0 Å². The van der Waals surface area contributed by atoms with Crippen molar-refractivity contribution in [1.29, 1.82) is 0 Å². The maximum atomic E-state index is 12.9. The van der Waals surface area contributed by atoms with Crippen molar-refractivity contribution < 1.29 is 28.6 Å². The Balaban J connectivity index is 4.12. The molecular weight excluding hydrogens is 1020 g/mol. The van der Waals surface area contributed by atoms with E-state index in [0.29, 0.717) is 19.3 Å². The predicted molar refractivity (Wildman–Crippen MR) is 362 cm³/mol. The van der Waals surface area contributed by atoms with Gasteiger partial charge in [0, 0.05) is 19.3 Å². The highest BCUT2D eigenvalue weighted by molar-refractivity contribution is 5.71. The highest BCUT2D eigenvalue weighted by atomic mass is 16.6. The maximum Gasteiger partial charge on any atom is 0.306 e. The molecule has 83 heavy (non-hydrogen) atoms. The molecule has 6 heteroatoms. The first-order chi connectivity index (χ1) is 41.0. The Hall–Kier alpha value is -3.41. The van der Waals surface area contributed by atoms with E-state index in [-0.39, 0.29) is 31.1 Å². The van der Waals surface area contributed by atoms with Gasteiger partial charge in [-0.05, 0) is 116 Å². The Morgan fingerprint density at radius 1 is 0.253 bits per heavy atom. The van der Waals surface area contributed by atoms with E-state index >= 15 is 0 Å². The fourth-order valence-electron chi connectivity index (χ4n) is 10.5. The Kier molecular flexibility index (Phi) is 68.2. The number of hydrogen-bond acceptors (Lipinski definition) is 6. The lowest BCUT2D eigenvalue weighted by Gasteiger charge is -2.18. The van der Waals surface area contributed by atoms with E-state index in [1.165, 1.54) is 212 Å². The van der Waals surface area contributed by atoms with Crippen molar-refractivity contribution in [3.8, 4) is 0 Å². The summed E-state index contributed by atoms with van der Waals surface area (Å²) in [4.78, 5) is 38.4. The number of carbonyl (C=O) groups is 3. The van der Waals surface area contributed by atoms with Crippen LogP contribution in [0.3, 0.4) is 0 Å². The summed E-state index contributed by atoms with van der Waals surface area (Å²) in [7, 11) is 0. The molecule has 0 fully saturated rings. The Morgan fingerprint density at radius 2 is 0.470 bits per heavy atom. The van der Waals surface area contributed by atoms with Gasteiger partial charge in [0.05, 0.1) is 0 Å². The molecule has 0 aromatic rings. The minimum Gasteiger partial charge on any atom is -0.462 e. The zero-order valence-electron chi connectivity index (χ0n) is 55.2. The highest BCUT2D eigenvalue weighted by Crippen LogP contribution is 2.18. The molecule has 0 saturated carbocycles. The van der Waals surface area contributed by atoms with Crippen molar-refractivity contribution in [2.45, 2.75) is 374 Å². The molecule has 0 aliphatic rings. The molecule has 0 spiro atoms. The molecule has 0 rings (SSSR count). The van der Waals surface area contributed by atoms with Gasteiger partial charge in [-0.2, -0.15) is 0 Å². The molecule has 0 amide bonds. The minimum atomic E-state index is -0.786. The van der Waals surface area contributed by atoms with E-state index in [4.69, 9.17) is 14.2 Å². The molecular formula is C77H136O6. The average molecular weight is 1160 g/mol. The van der Waals surface area contributed by atoms with Crippen molar-refractivity contribution in [2.75, 3.05) is 13.2 Å². The van der Waals surface area contributed by atoms with Gasteiger partial charge >= 0.3 is 17.9 Å². The second-order valence-electron chi connectivity index (χ2n) is 24.1. The summed E-state index contributed by atoms with van der Waals surface area (Å²) >= 11 is 0. The van der Waals surface area contributed by atoms with E-state index in [9.17, 15) is 14.4 Å². The van der Waals surface area contributed by atoms with Gasteiger partial charge in [-0.25, -0.2) is 0 Å². The largest absolute Gasteiger partial charge is 0.462 e. The summed E-state index contributed by atoms with van der Waals surface area (Å²) in [6, 6.07) is 0. The van der Waals surface area contributed by atoms with Gasteiger partial charge in [0.15, 0.2) is 6.10 Å². The van der Waals surface area contributed by atoms with Gasteiger partial charge in [-0.1, -0.05) is 318 Å². The summed E-state index contributed by atoms with van der Waals surface area (Å²) < 4.78 is 17.0. The van der Waals surface area contributed by atoms with Gasteiger partial charge in [-0.15, -0.1) is 0 Å². The zero-order chi connectivity index (χ0) is 59.9. The maximum absolute atomic E-state index is 12.9. The summed E-state index contributed by atoms with van der Waals surface area (Å²) in [5.41, 5.74) is 0. The van der Waals surface area contributed by atoms with Crippen molar-refractivity contribution in [2.24, 2.45) is 0 Å². The molecule has 0 aromatic carbocycles. The number of allylic oxidation sites excluding steroid dienone is 14. The van der Waals surface area contributed by atoms with Gasteiger partial charge in [-0.3, -0.25) is 14.4 Å². The van der Waals surface area contributed by atoms with Crippen LogP contribution in [0, 0.1) is 0 Å². The van der Waals surface area contributed by atoms with Crippen LogP contribution in [-0.2, 0) is 28.6 Å².